The molecule has 0 radical (unpaired) electrons. The molecule has 2 aromatic heterocycles. The molecule has 4 rings (SSSR count). The van der Waals surface area contributed by atoms with E-state index in [1.165, 1.54) is 0 Å². The first-order valence-corrected chi connectivity index (χ1v) is 13.3. The van der Waals surface area contributed by atoms with E-state index in [9.17, 15) is 4.79 Å². The van der Waals surface area contributed by atoms with Crippen molar-refractivity contribution in [3.8, 4) is 11.4 Å². The van der Waals surface area contributed by atoms with Crippen LogP contribution in [0.25, 0.3) is 33.2 Å². The topological polar surface area (TPSA) is 69.1 Å². The number of nitrogens with zero attached hydrogens (tertiary/aromatic N) is 2. The van der Waals surface area contributed by atoms with Crippen LogP contribution in [0.15, 0.2) is 42.5 Å². The Morgan fingerprint density at radius 3 is 2.50 bits per heavy atom. The molecular weight excluding hydrogens is 466 g/mol. The first-order valence-electron chi connectivity index (χ1n) is 11.5. The van der Waals surface area contributed by atoms with E-state index >= 15 is 0 Å². The predicted molar refractivity (Wildman–Crippen MR) is 141 cm³/mol. The second-order valence-electron chi connectivity index (χ2n) is 10.6. The van der Waals surface area contributed by atoms with E-state index in [2.05, 4.69) is 44.0 Å². The quantitative estimate of drug-likeness (QED) is 0.308. The van der Waals surface area contributed by atoms with E-state index in [0.717, 1.165) is 27.4 Å². The van der Waals surface area contributed by atoms with Gasteiger partial charge in [0.1, 0.15) is 11.3 Å². The number of hydrogen-bond acceptors (Lipinski definition) is 4. The smallest absolute Gasteiger partial charge is 0.419 e. The van der Waals surface area contributed by atoms with Gasteiger partial charge < -0.3 is 9.16 Å². The van der Waals surface area contributed by atoms with Crippen LogP contribution in [0.2, 0.25) is 10.6 Å². The lowest BCUT2D eigenvalue weighted by atomic mass is 9.97. The third-order valence-corrected chi connectivity index (χ3v) is 7.41. The molecule has 34 heavy (non-hydrogen) atoms. The molecule has 0 saturated carbocycles. The summed E-state index contributed by atoms with van der Waals surface area (Å²) in [4.78, 5) is 13.4. The summed E-state index contributed by atoms with van der Waals surface area (Å²) >= 11 is 6.16. The van der Waals surface area contributed by atoms with Crippen LogP contribution in [0.3, 0.4) is 0 Å². The normalized spacial score (nSPS) is 13.1. The van der Waals surface area contributed by atoms with Gasteiger partial charge in [-0.15, -0.1) is 0 Å². The van der Waals surface area contributed by atoms with Gasteiger partial charge in [0.2, 0.25) is 0 Å². The summed E-state index contributed by atoms with van der Waals surface area (Å²) in [6, 6.07) is 13.6. The van der Waals surface area contributed by atoms with Crippen molar-refractivity contribution in [2.45, 2.75) is 65.2 Å². The monoisotopic (exact) mass is 497 g/mol. The van der Waals surface area contributed by atoms with E-state index < -0.39 is 27.1 Å². The van der Waals surface area contributed by atoms with Crippen LogP contribution in [0.4, 0.5) is 4.79 Å². The number of rotatable bonds is 5. The largest absolute Gasteiger partial charge is 0.443 e. The predicted octanol–water partition coefficient (Wildman–Crippen LogP) is 6.79. The Hall–Kier alpha value is -2.61. The molecule has 4 aromatic rings. The second-order valence-corrected chi connectivity index (χ2v) is 13.3. The van der Waals surface area contributed by atoms with Crippen molar-refractivity contribution < 1.29 is 14.0 Å². The van der Waals surface area contributed by atoms with E-state index in [1.54, 1.807) is 4.57 Å². The minimum Gasteiger partial charge on any atom is -0.443 e. The number of aromatic nitrogens is 3. The molecule has 0 atom stereocenters. The van der Waals surface area contributed by atoms with Crippen LogP contribution >= 0.6 is 11.6 Å². The van der Waals surface area contributed by atoms with Crippen molar-refractivity contribution in [1.82, 2.24) is 14.8 Å². The zero-order valence-corrected chi connectivity index (χ0v) is 23.0. The molecule has 8 heteroatoms. The Labute approximate surface area is 207 Å². The van der Waals surface area contributed by atoms with Crippen LogP contribution in [-0.4, -0.2) is 36.2 Å². The van der Waals surface area contributed by atoms with Gasteiger partial charge >= 0.3 is 6.09 Å². The number of carbonyl (C=O) groups is 1. The molecule has 180 valence electrons. The average molecular weight is 498 g/mol. The van der Waals surface area contributed by atoms with E-state index in [0.29, 0.717) is 22.0 Å². The van der Waals surface area contributed by atoms with Crippen LogP contribution in [0.5, 0.6) is 0 Å². The van der Waals surface area contributed by atoms with Crippen LogP contribution in [-0.2, 0) is 14.8 Å². The van der Waals surface area contributed by atoms with Crippen LogP contribution in [0.1, 0.15) is 54.0 Å². The molecular formula is C26H32ClN3O3Si. The summed E-state index contributed by atoms with van der Waals surface area (Å²) in [5, 5.41) is 9.98. The number of carbonyl (C=O) groups excluding carboxylic acids is 1. The molecule has 0 saturated heterocycles. The third-order valence-electron chi connectivity index (χ3n) is 5.62. The molecule has 0 aliphatic heterocycles. The molecule has 0 aliphatic carbocycles. The Balaban J connectivity index is 1.89. The maximum Gasteiger partial charge on any atom is 0.419 e. The minimum absolute atomic E-state index is 0.408. The number of H-pyrrole nitrogens is 1. The van der Waals surface area contributed by atoms with Gasteiger partial charge in [-0.3, -0.25) is 5.10 Å². The van der Waals surface area contributed by atoms with E-state index in [4.69, 9.17) is 20.8 Å². The van der Waals surface area contributed by atoms with Crippen LogP contribution < -0.4 is 0 Å². The maximum absolute atomic E-state index is 13.4. The number of aromatic amines is 1. The number of fused-ring (bicyclic) bond motifs is 2. The number of hydrogen-bond donors (Lipinski definition) is 1. The molecule has 2 aromatic carbocycles. The van der Waals surface area contributed by atoms with Crippen LogP contribution in [0, 0.1) is 0 Å². The van der Waals surface area contributed by atoms with Gasteiger partial charge in [0.15, 0.2) is 9.76 Å². The lowest BCUT2D eigenvalue weighted by molar-refractivity contribution is 0.0547. The highest BCUT2D eigenvalue weighted by Crippen LogP contribution is 2.35. The third kappa shape index (κ3) is 4.92. The minimum atomic E-state index is -0.654. The standard InChI is InChI=1S/C26H32ClN3O3Si/c1-15(2)34-33-26(6,7)17-8-11-21-16(12-17)13-22(30(21)24(31)32-25(3,4)5)23-19-10-9-18(27)14-20(19)28-29-23/h8-15H,34H2,1-7H3,(H,28,29). The Bertz CT molecular complexity index is 1370. The first kappa shape index (κ1) is 24.5. The van der Waals surface area contributed by atoms with Crippen molar-refractivity contribution >= 4 is 49.3 Å². The number of ether oxygens (including phenoxy) is 1. The van der Waals surface area contributed by atoms with Gasteiger partial charge in [0.25, 0.3) is 0 Å². The van der Waals surface area contributed by atoms with Gasteiger partial charge in [-0.25, -0.2) is 9.36 Å². The fourth-order valence-corrected chi connectivity index (χ4v) is 5.00. The number of nitrogens with one attached hydrogen (secondary N) is 1. The van der Waals surface area contributed by atoms with Gasteiger partial charge in [0.05, 0.1) is 22.3 Å². The van der Waals surface area contributed by atoms with Gasteiger partial charge in [-0.1, -0.05) is 31.5 Å². The molecule has 6 nitrogen and oxygen atoms in total. The number of halogens is 1. The molecule has 0 spiro atoms. The molecule has 0 bridgehead atoms. The molecule has 1 N–H and O–H groups in total. The summed E-state index contributed by atoms with van der Waals surface area (Å²) in [5.74, 6) is 0. The lowest BCUT2D eigenvalue weighted by Crippen LogP contribution is -2.27. The SMILES string of the molecule is CC(C)[SiH2]OC(C)(C)c1ccc2c(c1)cc(-c1n[nH]c3cc(Cl)ccc13)n2C(=O)OC(C)(C)C. The number of benzene rings is 2. The molecule has 0 amide bonds. The average Bonchev–Trinajstić information content (AvgIpc) is 3.31. The second kappa shape index (κ2) is 8.87. The summed E-state index contributed by atoms with van der Waals surface area (Å²) < 4.78 is 13.7. The Morgan fingerprint density at radius 2 is 1.82 bits per heavy atom. The molecule has 0 unspecified atom stereocenters. The fraction of sp³-hybridized carbons (Fsp3) is 0.385. The highest BCUT2D eigenvalue weighted by molar-refractivity contribution is 6.31. The summed E-state index contributed by atoms with van der Waals surface area (Å²) in [5.41, 5.74) is 3.48. The molecule has 0 fully saturated rings. The zero-order chi connectivity index (χ0) is 24.8. The van der Waals surface area contributed by atoms with Crippen molar-refractivity contribution in [2.24, 2.45) is 0 Å². The highest BCUT2D eigenvalue weighted by Gasteiger charge is 2.27. The first-order chi connectivity index (χ1) is 15.9. The fourth-order valence-electron chi connectivity index (χ4n) is 3.91. The Morgan fingerprint density at radius 1 is 1.09 bits per heavy atom. The van der Waals surface area contributed by atoms with Gasteiger partial charge in [-0.2, -0.15) is 5.10 Å². The van der Waals surface area contributed by atoms with Crippen molar-refractivity contribution in [2.75, 3.05) is 0 Å². The van der Waals surface area contributed by atoms with E-state index in [1.807, 2.05) is 57.2 Å². The molecule has 2 heterocycles. The van der Waals surface area contributed by atoms with E-state index in [-0.39, 0.29) is 0 Å². The van der Waals surface area contributed by atoms with Crippen molar-refractivity contribution in [3.05, 3.63) is 53.1 Å². The van der Waals surface area contributed by atoms with Crippen molar-refractivity contribution in [1.29, 1.82) is 0 Å². The zero-order valence-electron chi connectivity index (χ0n) is 20.8. The molecule has 0 aliphatic rings. The summed E-state index contributed by atoms with van der Waals surface area (Å²) in [6.45, 7) is 14.2. The summed E-state index contributed by atoms with van der Waals surface area (Å²) in [7, 11) is -0.654. The Kier molecular flexibility index (Phi) is 6.40. The maximum atomic E-state index is 13.4. The lowest BCUT2D eigenvalue weighted by Gasteiger charge is -2.27. The highest BCUT2D eigenvalue weighted by atomic mass is 35.5. The van der Waals surface area contributed by atoms with Crippen molar-refractivity contribution in [3.63, 3.8) is 0 Å². The van der Waals surface area contributed by atoms with Gasteiger partial charge in [0, 0.05) is 15.8 Å². The van der Waals surface area contributed by atoms with Gasteiger partial charge in [-0.05, 0) is 82.1 Å². The summed E-state index contributed by atoms with van der Waals surface area (Å²) in [6.07, 6.45) is -0.446.